The van der Waals surface area contributed by atoms with Gasteiger partial charge >= 0.3 is 5.97 Å². The molecule has 4 atom stereocenters. The van der Waals surface area contributed by atoms with E-state index in [1.165, 1.54) is 0 Å². The zero-order chi connectivity index (χ0) is 29.8. The Morgan fingerprint density at radius 3 is 2.05 bits per heavy atom. The van der Waals surface area contributed by atoms with Gasteiger partial charge in [-0.25, -0.2) is 4.79 Å². The Bertz CT molecular complexity index is 1610. The molecule has 4 aromatic rings. The van der Waals surface area contributed by atoms with Crippen LogP contribution in [-0.4, -0.2) is 86.1 Å². The summed E-state index contributed by atoms with van der Waals surface area (Å²) in [6.45, 7) is -0.526. The van der Waals surface area contributed by atoms with Crippen LogP contribution < -0.4 is 16.4 Å². The van der Waals surface area contributed by atoms with Gasteiger partial charge in [0.2, 0.25) is 17.7 Å². The molecule has 8 N–H and O–H groups in total. The van der Waals surface area contributed by atoms with E-state index in [1.54, 1.807) is 12.4 Å². The third-order valence-corrected chi connectivity index (χ3v) is 7.80. The molecule has 12 nitrogen and oxygen atoms in total. The summed E-state index contributed by atoms with van der Waals surface area (Å²) in [7, 11) is 0. The predicted molar refractivity (Wildman–Crippen MR) is 155 cm³/mol. The van der Waals surface area contributed by atoms with Gasteiger partial charge in [-0.2, -0.15) is 0 Å². The number of aromatic amines is 2. The minimum Gasteiger partial charge on any atom is -0.480 e. The first kappa shape index (κ1) is 28.8. The largest absolute Gasteiger partial charge is 0.480 e. The third kappa shape index (κ3) is 5.99. The van der Waals surface area contributed by atoms with Crippen LogP contribution in [0.1, 0.15) is 24.0 Å². The number of benzene rings is 2. The minimum absolute atomic E-state index is 0.0786. The second-order valence-electron chi connectivity index (χ2n) is 10.6. The molecule has 4 unspecified atom stereocenters. The Kier molecular flexibility index (Phi) is 8.55. The van der Waals surface area contributed by atoms with Gasteiger partial charge in [-0.15, -0.1) is 0 Å². The van der Waals surface area contributed by atoms with Gasteiger partial charge in [0.05, 0.1) is 12.6 Å². The Balaban J connectivity index is 1.34. The number of likely N-dealkylation sites (tertiary alicyclic amines) is 1. The van der Waals surface area contributed by atoms with E-state index in [0.717, 1.165) is 37.8 Å². The van der Waals surface area contributed by atoms with Crippen molar-refractivity contribution in [3.63, 3.8) is 0 Å². The highest BCUT2D eigenvalue weighted by atomic mass is 16.4. The van der Waals surface area contributed by atoms with Gasteiger partial charge in [0.1, 0.15) is 18.1 Å². The van der Waals surface area contributed by atoms with Gasteiger partial charge in [0.25, 0.3) is 0 Å². The molecule has 3 heterocycles. The van der Waals surface area contributed by atoms with Crippen molar-refractivity contribution in [2.45, 2.75) is 49.9 Å². The molecule has 2 aromatic heterocycles. The highest BCUT2D eigenvalue weighted by Crippen LogP contribution is 2.22. The van der Waals surface area contributed by atoms with E-state index in [2.05, 4.69) is 20.6 Å². The molecule has 12 heteroatoms. The number of aliphatic hydroxyl groups is 1. The number of aromatic nitrogens is 2. The van der Waals surface area contributed by atoms with Crippen LogP contribution >= 0.6 is 0 Å². The zero-order valence-electron chi connectivity index (χ0n) is 22.9. The van der Waals surface area contributed by atoms with Crippen molar-refractivity contribution >= 4 is 45.5 Å². The monoisotopic (exact) mass is 574 g/mol. The molecule has 1 fully saturated rings. The van der Waals surface area contributed by atoms with Crippen molar-refractivity contribution in [2.75, 3.05) is 13.2 Å². The second kappa shape index (κ2) is 12.5. The quantitative estimate of drug-likeness (QED) is 0.138. The zero-order valence-corrected chi connectivity index (χ0v) is 22.9. The van der Waals surface area contributed by atoms with Crippen molar-refractivity contribution in [2.24, 2.45) is 5.73 Å². The van der Waals surface area contributed by atoms with E-state index in [9.17, 15) is 29.4 Å². The summed E-state index contributed by atoms with van der Waals surface area (Å²) in [4.78, 5) is 59.1. The van der Waals surface area contributed by atoms with Gasteiger partial charge in [-0.05, 0) is 42.5 Å². The maximum Gasteiger partial charge on any atom is 0.326 e. The molecular weight excluding hydrogens is 540 g/mol. The Morgan fingerprint density at radius 2 is 1.45 bits per heavy atom. The highest BCUT2D eigenvalue weighted by Gasteiger charge is 2.38. The summed E-state index contributed by atoms with van der Waals surface area (Å²) < 4.78 is 0. The topological polar surface area (TPSA) is 194 Å². The number of para-hydroxylation sites is 2. The normalized spacial score (nSPS) is 17.2. The number of amides is 3. The average Bonchev–Trinajstić information content (AvgIpc) is 3.74. The van der Waals surface area contributed by atoms with Gasteiger partial charge in [-0.3, -0.25) is 14.4 Å². The summed E-state index contributed by atoms with van der Waals surface area (Å²) >= 11 is 0. The van der Waals surface area contributed by atoms with E-state index >= 15 is 0 Å². The Morgan fingerprint density at radius 1 is 0.881 bits per heavy atom. The molecule has 0 aliphatic carbocycles. The predicted octanol–water partition coefficient (Wildman–Crippen LogP) is 0.799. The molecule has 1 aliphatic rings. The maximum atomic E-state index is 13.6. The van der Waals surface area contributed by atoms with Gasteiger partial charge in [-0.1, -0.05) is 36.4 Å². The van der Waals surface area contributed by atoms with Crippen LogP contribution in [-0.2, 0) is 32.0 Å². The van der Waals surface area contributed by atoms with E-state index < -0.39 is 54.5 Å². The number of carboxylic acids is 1. The molecule has 1 aliphatic heterocycles. The number of aliphatic carboxylic acids is 1. The Labute approximate surface area is 241 Å². The first-order valence-electron chi connectivity index (χ1n) is 13.9. The molecule has 0 bridgehead atoms. The second-order valence-corrected chi connectivity index (χ2v) is 10.6. The molecule has 3 amide bonds. The number of fused-ring (bicyclic) bond motifs is 2. The van der Waals surface area contributed by atoms with E-state index in [0.29, 0.717) is 12.8 Å². The van der Waals surface area contributed by atoms with Crippen molar-refractivity contribution in [3.05, 3.63) is 72.1 Å². The fraction of sp³-hybridized carbons (Fsp3) is 0.333. The molecule has 220 valence electrons. The lowest BCUT2D eigenvalue weighted by molar-refractivity contribution is -0.150. The number of carbonyl (C=O) groups is 4. The molecule has 0 saturated carbocycles. The SMILES string of the molecule is NC(Cc1c[nH]c2ccccc12)C(=O)NC(Cc1c[nH]c2ccccc12)C(=O)NC(CO)C(=O)N1CCCC1C(=O)O. The van der Waals surface area contributed by atoms with Crippen LogP contribution in [0.3, 0.4) is 0 Å². The van der Waals surface area contributed by atoms with Crippen LogP contribution in [0.4, 0.5) is 0 Å². The fourth-order valence-corrected chi connectivity index (χ4v) is 5.58. The van der Waals surface area contributed by atoms with E-state index in [4.69, 9.17) is 5.73 Å². The number of carbonyl (C=O) groups excluding carboxylic acids is 3. The molecule has 0 spiro atoms. The van der Waals surface area contributed by atoms with Crippen LogP contribution in [0.2, 0.25) is 0 Å². The number of nitrogens with zero attached hydrogens (tertiary/aromatic N) is 1. The third-order valence-electron chi connectivity index (χ3n) is 7.80. The summed E-state index contributed by atoms with van der Waals surface area (Å²) in [6.07, 6.45) is 4.65. The molecular formula is C30H34N6O6. The number of aliphatic hydroxyl groups excluding tert-OH is 1. The lowest BCUT2D eigenvalue weighted by atomic mass is 10.0. The maximum absolute atomic E-state index is 13.6. The van der Waals surface area contributed by atoms with Gasteiger partial charge < -0.3 is 41.4 Å². The smallest absolute Gasteiger partial charge is 0.326 e. The number of hydrogen-bond acceptors (Lipinski definition) is 6. The van der Waals surface area contributed by atoms with Crippen LogP contribution in [0.25, 0.3) is 21.8 Å². The average molecular weight is 575 g/mol. The standard InChI is InChI=1S/C30H34N6O6/c31-21(12-17-14-32-22-8-3-1-6-19(17)22)27(38)34-24(13-18-15-33-23-9-4-2-7-20(18)23)28(39)35-25(16-37)29(40)36-11-5-10-26(36)30(41)42/h1-4,6-9,14-15,21,24-26,32-33,37H,5,10-13,16,31H2,(H,34,38)(H,35,39)(H,41,42). The fourth-order valence-electron chi connectivity index (χ4n) is 5.58. The number of carboxylic acid groups (broad SMARTS) is 1. The van der Waals surface area contributed by atoms with E-state index in [-0.39, 0.29) is 19.4 Å². The first-order valence-corrected chi connectivity index (χ1v) is 13.9. The van der Waals surface area contributed by atoms with Gasteiger partial charge in [0, 0.05) is 47.2 Å². The molecule has 2 aromatic carbocycles. The van der Waals surface area contributed by atoms with Crippen molar-refractivity contribution in [1.82, 2.24) is 25.5 Å². The number of nitrogens with one attached hydrogen (secondary N) is 4. The van der Waals surface area contributed by atoms with Crippen molar-refractivity contribution < 1.29 is 29.4 Å². The summed E-state index contributed by atoms with van der Waals surface area (Å²) in [6, 6.07) is 10.7. The Hall–Kier alpha value is -4.68. The lowest BCUT2D eigenvalue weighted by Gasteiger charge is -2.28. The summed E-state index contributed by atoms with van der Waals surface area (Å²) in [5.41, 5.74) is 9.68. The summed E-state index contributed by atoms with van der Waals surface area (Å²) in [5, 5.41) is 26.6. The number of nitrogens with two attached hydrogens (primary N) is 1. The molecule has 5 rings (SSSR count). The van der Waals surface area contributed by atoms with Gasteiger partial charge in [0.15, 0.2) is 0 Å². The van der Waals surface area contributed by atoms with Crippen molar-refractivity contribution in [3.8, 4) is 0 Å². The molecule has 0 radical (unpaired) electrons. The minimum atomic E-state index is -1.38. The number of rotatable bonds is 11. The van der Waals surface area contributed by atoms with Crippen molar-refractivity contribution in [1.29, 1.82) is 0 Å². The molecule has 1 saturated heterocycles. The molecule has 42 heavy (non-hydrogen) atoms. The highest BCUT2D eigenvalue weighted by molar-refractivity contribution is 5.95. The first-order chi connectivity index (χ1) is 20.3. The van der Waals surface area contributed by atoms with Crippen LogP contribution in [0.5, 0.6) is 0 Å². The van der Waals surface area contributed by atoms with E-state index in [1.807, 2.05) is 48.5 Å². The number of H-pyrrole nitrogens is 2. The number of hydrogen-bond donors (Lipinski definition) is 7. The lowest BCUT2D eigenvalue weighted by Crippen LogP contribution is -2.58. The van der Waals surface area contributed by atoms with Crippen LogP contribution in [0.15, 0.2) is 60.9 Å². The summed E-state index contributed by atoms with van der Waals surface area (Å²) in [5.74, 6) is -3.09. The van der Waals surface area contributed by atoms with Crippen LogP contribution in [0, 0.1) is 0 Å².